The first-order valence-corrected chi connectivity index (χ1v) is 8.71. The van der Waals surface area contributed by atoms with E-state index in [0.29, 0.717) is 24.5 Å². The van der Waals surface area contributed by atoms with E-state index in [0.717, 1.165) is 36.8 Å². The fourth-order valence-corrected chi connectivity index (χ4v) is 2.77. The monoisotopic (exact) mass is 342 g/mol. The molecule has 0 saturated carbocycles. The van der Waals surface area contributed by atoms with Gasteiger partial charge in [0.25, 0.3) is 0 Å². The molecule has 0 amide bonds. The molecule has 0 aliphatic rings. The van der Waals surface area contributed by atoms with Crippen LogP contribution in [0.4, 0.5) is 0 Å². The van der Waals surface area contributed by atoms with E-state index in [1.54, 1.807) is 18.2 Å². The molecule has 0 radical (unpaired) electrons. The highest BCUT2D eigenvalue weighted by atomic mass is 16.5. The Labute approximate surface area is 149 Å². The summed E-state index contributed by atoms with van der Waals surface area (Å²) in [5.41, 5.74) is 1.88. The zero-order chi connectivity index (χ0) is 18.1. The quantitative estimate of drug-likeness (QED) is 0.492. The van der Waals surface area contributed by atoms with Crippen LogP contribution in [0.5, 0.6) is 17.2 Å². The summed E-state index contributed by atoms with van der Waals surface area (Å²) in [7, 11) is 1.51. The number of hydrogen-bond acceptors (Lipinski definition) is 4. The number of carbonyl (C=O) groups is 1. The van der Waals surface area contributed by atoms with Gasteiger partial charge in [-0.15, -0.1) is 0 Å². The molecule has 0 aliphatic carbocycles. The lowest BCUT2D eigenvalue weighted by Crippen LogP contribution is -2.02. The summed E-state index contributed by atoms with van der Waals surface area (Å²) in [5.74, 6) is 1.22. The van der Waals surface area contributed by atoms with Crippen LogP contribution in [0.1, 0.15) is 48.0 Å². The number of rotatable bonds is 10. The number of benzene rings is 2. The maximum absolute atomic E-state index is 12.2. The highest BCUT2D eigenvalue weighted by Crippen LogP contribution is 2.35. The molecule has 0 fully saturated rings. The number of unbranched alkanes of at least 4 members (excludes halogenated alkanes) is 3. The molecule has 0 aliphatic heterocycles. The molecule has 2 aromatic carbocycles. The zero-order valence-electron chi connectivity index (χ0n) is 15.0. The minimum absolute atomic E-state index is 0.0784. The molecule has 0 aromatic heterocycles. The van der Waals surface area contributed by atoms with E-state index in [2.05, 4.69) is 0 Å². The lowest BCUT2D eigenvalue weighted by atomic mass is 10.0. The Balaban J connectivity index is 1.64. The average molecular weight is 342 g/mol. The Hall–Kier alpha value is -2.49. The first-order valence-electron chi connectivity index (χ1n) is 8.71. The van der Waals surface area contributed by atoms with Gasteiger partial charge in [-0.25, -0.2) is 0 Å². The van der Waals surface area contributed by atoms with Crippen LogP contribution in [0.3, 0.4) is 0 Å². The second kappa shape index (κ2) is 9.72. The molecule has 0 spiro atoms. The predicted molar refractivity (Wildman–Crippen MR) is 98.7 cm³/mol. The van der Waals surface area contributed by atoms with Crippen molar-refractivity contribution < 1.29 is 19.4 Å². The van der Waals surface area contributed by atoms with Gasteiger partial charge in [0.2, 0.25) is 5.75 Å². The third-order valence-electron chi connectivity index (χ3n) is 4.16. The van der Waals surface area contributed by atoms with Crippen molar-refractivity contribution >= 4 is 5.78 Å². The number of carbonyl (C=O) groups excluding carboxylic acids is 1. The van der Waals surface area contributed by atoms with E-state index >= 15 is 0 Å². The van der Waals surface area contributed by atoms with E-state index < -0.39 is 0 Å². The van der Waals surface area contributed by atoms with Crippen molar-refractivity contribution in [2.45, 2.75) is 39.0 Å². The van der Waals surface area contributed by atoms with Gasteiger partial charge in [0.15, 0.2) is 17.3 Å². The number of phenols is 1. The molecular formula is C21H26O4. The van der Waals surface area contributed by atoms with Crippen LogP contribution in [-0.2, 0) is 0 Å². The van der Waals surface area contributed by atoms with Crippen LogP contribution >= 0.6 is 0 Å². The van der Waals surface area contributed by atoms with Crippen LogP contribution in [0.25, 0.3) is 0 Å². The van der Waals surface area contributed by atoms with Gasteiger partial charge in [-0.3, -0.25) is 4.79 Å². The van der Waals surface area contributed by atoms with Gasteiger partial charge in [0.1, 0.15) is 0 Å². The summed E-state index contributed by atoms with van der Waals surface area (Å²) >= 11 is 0. The van der Waals surface area contributed by atoms with Crippen LogP contribution in [0, 0.1) is 6.92 Å². The summed E-state index contributed by atoms with van der Waals surface area (Å²) < 4.78 is 10.8. The summed E-state index contributed by atoms with van der Waals surface area (Å²) in [6.45, 7) is 2.53. The van der Waals surface area contributed by atoms with E-state index in [9.17, 15) is 9.90 Å². The van der Waals surface area contributed by atoms with Crippen LogP contribution in [0.2, 0.25) is 0 Å². The molecule has 1 N–H and O–H groups in total. The summed E-state index contributed by atoms with van der Waals surface area (Å²) in [6.07, 6.45) is 4.38. The first-order chi connectivity index (χ1) is 12.1. The number of ketones is 1. The van der Waals surface area contributed by atoms with Crippen molar-refractivity contribution in [3.63, 3.8) is 0 Å². The SMILES string of the molecule is COc1c(O)cccc1OCCCCCCC(=O)c1ccccc1C. The fraction of sp³-hybridized carbons (Fsp3) is 0.381. The molecule has 0 unspecified atom stereocenters. The van der Waals surface area contributed by atoms with Gasteiger partial charge >= 0.3 is 0 Å². The van der Waals surface area contributed by atoms with Crippen LogP contribution < -0.4 is 9.47 Å². The van der Waals surface area contributed by atoms with Crippen LogP contribution in [-0.4, -0.2) is 24.6 Å². The van der Waals surface area contributed by atoms with E-state index in [-0.39, 0.29) is 11.5 Å². The predicted octanol–water partition coefficient (Wildman–Crippen LogP) is 4.92. The Morgan fingerprint density at radius 3 is 2.52 bits per heavy atom. The van der Waals surface area contributed by atoms with E-state index in [4.69, 9.17) is 9.47 Å². The third kappa shape index (κ3) is 5.52. The number of ether oxygens (including phenoxy) is 2. The van der Waals surface area contributed by atoms with E-state index in [1.165, 1.54) is 7.11 Å². The van der Waals surface area contributed by atoms with Crippen molar-refractivity contribution in [2.75, 3.05) is 13.7 Å². The molecule has 2 aromatic rings. The largest absolute Gasteiger partial charge is 0.504 e. The van der Waals surface area contributed by atoms with Gasteiger partial charge in [-0.05, 0) is 37.5 Å². The van der Waals surface area contributed by atoms with Crippen molar-refractivity contribution in [1.82, 2.24) is 0 Å². The molecule has 4 nitrogen and oxygen atoms in total. The molecule has 0 atom stereocenters. The van der Waals surface area contributed by atoms with Crippen LogP contribution in [0.15, 0.2) is 42.5 Å². The number of methoxy groups -OCH3 is 1. The molecule has 4 heteroatoms. The molecular weight excluding hydrogens is 316 g/mol. The second-order valence-corrected chi connectivity index (χ2v) is 6.06. The maximum atomic E-state index is 12.2. The van der Waals surface area contributed by atoms with Crippen molar-refractivity contribution in [3.05, 3.63) is 53.6 Å². The zero-order valence-corrected chi connectivity index (χ0v) is 15.0. The number of phenolic OH excluding ortho intramolecular Hbond substituents is 1. The third-order valence-corrected chi connectivity index (χ3v) is 4.16. The Kier molecular flexibility index (Phi) is 7.33. The summed E-state index contributed by atoms with van der Waals surface area (Å²) in [5, 5.41) is 9.69. The second-order valence-electron chi connectivity index (χ2n) is 6.06. The Bertz CT molecular complexity index is 694. The van der Waals surface area contributed by atoms with Crippen molar-refractivity contribution in [2.24, 2.45) is 0 Å². The molecule has 0 bridgehead atoms. The number of aromatic hydroxyl groups is 1. The number of Topliss-reactive ketones (excluding diaryl/α,β-unsaturated/α-hetero) is 1. The molecule has 25 heavy (non-hydrogen) atoms. The van der Waals surface area contributed by atoms with Gasteiger partial charge < -0.3 is 14.6 Å². The molecule has 134 valence electrons. The number of aryl methyl sites for hydroxylation is 1. The lowest BCUT2D eigenvalue weighted by Gasteiger charge is -2.11. The Morgan fingerprint density at radius 1 is 1.00 bits per heavy atom. The fourth-order valence-electron chi connectivity index (χ4n) is 2.77. The van der Waals surface area contributed by atoms with Gasteiger partial charge in [-0.2, -0.15) is 0 Å². The molecule has 0 saturated heterocycles. The minimum Gasteiger partial charge on any atom is -0.504 e. The molecule has 0 heterocycles. The standard InChI is InChI=1S/C21H26O4/c1-16-10-6-7-11-17(16)18(22)12-5-3-4-8-15-25-20-14-9-13-19(23)21(20)24-2/h6-7,9-11,13-14,23H,3-5,8,12,15H2,1-2H3. The normalized spacial score (nSPS) is 10.5. The maximum Gasteiger partial charge on any atom is 0.203 e. The highest BCUT2D eigenvalue weighted by Gasteiger charge is 2.09. The minimum atomic E-state index is 0.0784. The molecule has 2 rings (SSSR count). The van der Waals surface area contributed by atoms with Crippen molar-refractivity contribution in [3.8, 4) is 17.2 Å². The summed E-state index contributed by atoms with van der Waals surface area (Å²) in [4.78, 5) is 12.2. The van der Waals surface area contributed by atoms with Crippen molar-refractivity contribution in [1.29, 1.82) is 0 Å². The smallest absolute Gasteiger partial charge is 0.203 e. The topological polar surface area (TPSA) is 55.8 Å². The number of para-hydroxylation sites is 1. The van der Waals surface area contributed by atoms with Gasteiger partial charge in [0, 0.05) is 12.0 Å². The Morgan fingerprint density at radius 2 is 1.76 bits per heavy atom. The summed E-state index contributed by atoms with van der Waals surface area (Å²) in [6, 6.07) is 12.8. The highest BCUT2D eigenvalue weighted by molar-refractivity contribution is 5.97. The van der Waals surface area contributed by atoms with Gasteiger partial charge in [-0.1, -0.05) is 43.2 Å². The lowest BCUT2D eigenvalue weighted by molar-refractivity contribution is 0.0978. The average Bonchev–Trinajstić information content (AvgIpc) is 2.61. The van der Waals surface area contributed by atoms with Gasteiger partial charge in [0.05, 0.1) is 13.7 Å². The van der Waals surface area contributed by atoms with E-state index in [1.807, 2.05) is 31.2 Å². The first kappa shape index (κ1) is 18.8. The number of hydrogen-bond donors (Lipinski definition) is 1.